The largest absolute Gasteiger partial charge is 0.396 e. The third-order valence-corrected chi connectivity index (χ3v) is 4.19. The molecule has 0 aliphatic heterocycles. The Morgan fingerprint density at radius 1 is 1.42 bits per heavy atom. The maximum Gasteiger partial charge on any atom is 0.243 e. The number of aromatic nitrogens is 2. The smallest absolute Gasteiger partial charge is 0.243 e. The Hall–Kier alpha value is -0.920. The summed E-state index contributed by atoms with van der Waals surface area (Å²) in [5.74, 6) is 0.435. The first-order valence-corrected chi connectivity index (χ1v) is 7.99. The third-order valence-electron chi connectivity index (χ3n) is 2.65. The molecule has 7 heteroatoms. The summed E-state index contributed by atoms with van der Waals surface area (Å²) in [7, 11) is -3.51. The summed E-state index contributed by atoms with van der Waals surface area (Å²) in [5.41, 5.74) is 0. The summed E-state index contributed by atoms with van der Waals surface area (Å²) in [4.78, 5) is 0.168. The van der Waals surface area contributed by atoms with E-state index in [0.717, 1.165) is 6.42 Å². The fourth-order valence-electron chi connectivity index (χ4n) is 1.93. The van der Waals surface area contributed by atoms with Crippen molar-refractivity contribution >= 4 is 10.0 Å². The highest BCUT2D eigenvalue weighted by atomic mass is 32.2. The molecule has 1 heterocycles. The van der Waals surface area contributed by atoms with Gasteiger partial charge in [-0.05, 0) is 25.7 Å². The van der Waals surface area contributed by atoms with Gasteiger partial charge in [-0.1, -0.05) is 13.8 Å². The van der Waals surface area contributed by atoms with Crippen LogP contribution >= 0.6 is 0 Å². The van der Waals surface area contributed by atoms with Crippen molar-refractivity contribution in [2.24, 2.45) is 5.92 Å². The predicted molar refractivity (Wildman–Crippen MR) is 73.2 cm³/mol. The normalized spacial score (nSPS) is 13.9. The van der Waals surface area contributed by atoms with Crippen LogP contribution in [0.2, 0.25) is 0 Å². The number of hydrogen-bond acceptors (Lipinski definition) is 4. The lowest BCUT2D eigenvalue weighted by atomic mass is 10.1. The fourth-order valence-corrected chi connectivity index (χ4v) is 3.13. The molecule has 0 saturated carbocycles. The van der Waals surface area contributed by atoms with Crippen LogP contribution in [0.5, 0.6) is 0 Å². The topological polar surface area (TPSA) is 84.2 Å². The number of hydrogen-bond donors (Lipinski definition) is 2. The highest BCUT2D eigenvalue weighted by molar-refractivity contribution is 7.89. The van der Waals surface area contributed by atoms with Crippen molar-refractivity contribution < 1.29 is 13.5 Å². The first-order valence-electron chi connectivity index (χ1n) is 6.51. The van der Waals surface area contributed by atoms with Crippen molar-refractivity contribution in [3.05, 3.63) is 12.4 Å². The number of aryl methyl sites for hydroxylation is 1. The molecule has 1 rings (SSSR count). The van der Waals surface area contributed by atoms with Crippen molar-refractivity contribution in [1.82, 2.24) is 14.5 Å². The average molecular weight is 289 g/mol. The summed E-state index contributed by atoms with van der Waals surface area (Å²) in [6.07, 6.45) is 4.16. The van der Waals surface area contributed by atoms with Gasteiger partial charge in [0.15, 0.2) is 0 Å². The van der Waals surface area contributed by atoms with Crippen LogP contribution in [-0.2, 0) is 16.6 Å². The van der Waals surface area contributed by atoms with Crippen LogP contribution in [0.1, 0.15) is 33.6 Å². The summed E-state index contributed by atoms with van der Waals surface area (Å²) in [5, 5.41) is 12.7. The van der Waals surface area contributed by atoms with Gasteiger partial charge in [0.2, 0.25) is 10.0 Å². The first kappa shape index (κ1) is 16.1. The monoisotopic (exact) mass is 289 g/mol. The van der Waals surface area contributed by atoms with E-state index >= 15 is 0 Å². The number of nitrogens with zero attached hydrogens (tertiary/aromatic N) is 2. The van der Waals surface area contributed by atoms with Crippen LogP contribution in [0.3, 0.4) is 0 Å². The van der Waals surface area contributed by atoms with Crippen molar-refractivity contribution in [3.63, 3.8) is 0 Å². The van der Waals surface area contributed by atoms with E-state index in [1.807, 2.05) is 6.92 Å². The number of rotatable bonds is 8. The summed E-state index contributed by atoms with van der Waals surface area (Å²) in [6.45, 7) is 6.53. The highest BCUT2D eigenvalue weighted by Gasteiger charge is 2.19. The van der Waals surface area contributed by atoms with Crippen molar-refractivity contribution in [2.75, 3.05) is 6.61 Å². The van der Waals surface area contributed by atoms with E-state index in [-0.39, 0.29) is 17.5 Å². The lowest BCUT2D eigenvalue weighted by Crippen LogP contribution is -2.33. The van der Waals surface area contributed by atoms with E-state index in [4.69, 9.17) is 5.11 Å². The molecule has 0 bridgehead atoms. The van der Waals surface area contributed by atoms with Crippen LogP contribution in [0.4, 0.5) is 0 Å². The van der Waals surface area contributed by atoms with Gasteiger partial charge in [-0.25, -0.2) is 13.1 Å². The Morgan fingerprint density at radius 2 is 2.11 bits per heavy atom. The van der Waals surface area contributed by atoms with E-state index < -0.39 is 10.0 Å². The molecule has 0 spiro atoms. The van der Waals surface area contributed by atoms with Crippen molar-refractivity contribution in [2.45, 2.75) is 51.1 Å². The molecule has 1 aromatic rings. The van der Waals surface area contributed by atoms with E-state index in [1.165, 1.54) is 17.1 Å². The van der Waals surface area contributed by atoms with Crippen LogP contribution in [0.25, 0.3) is 0 Å². The lowest BCUT2D eigenvalue weighted by molar-refractivity contribution is 0.277. The van der Waals surface area contributed by atoms with Crippen molar-refractivity contribution in [1.29, 1.82) is 0 Å². The second-order valence-corrected chi connectivity index (χ2v) is 6.88. The molecule has 2 N–H and O–H groups in total. The average Bonchev–Trinajstić information content (AvgIpc) is 2.73. The molecule has 0 aliphatic carbocycles. The molecular weight excluding hydrogens is 266 g/mol. The minimum atomic E-state index is -3.51. The van der Waals surface area contributed by atoms with E-state index in [1.54, 1.807) is 0 Å². The molecule has 0 aromatic carbocycles. The van der Waals surface area contributed by atoms with Crippen LogP contribution in [0, 0.1) is 5.92 Å². The van der Waals surface area contributed by atoms with Gasteiger partial charge < -0.3 is 5.11 Å². The summed E-state index contributed by atoms with van der Waals surface area (Å²) in [6, 6.07) is -0.106. The molecule has 110 valence electrons. The molecule has 6 nitrogen and oxygen atoms in total. The van der Waals surface area contributed by atoms with Gasteiger partial charge in [0, 0.05) is 25.4 Å². The summed E-state index contributed by atoms with van der Waals surface area (Å²) >= 11 is 0. The lowest BCUT2D eigenvalue weighted by Gasteiger charge is -2.15. The van der Waals surface area contributed by atoms with Gasteiger partial charge in [-0.15, -0.1) is 0 Å². The fraction of sp³-hybridized carbons (Fsp3) is 0.750. The zero-order valence-electron chi connectivity index (χ0n) is 11.7. The Kier molecular flexibility index (Phi) is 5.96. The quantitative estimate of drug-likeness (QED) is 0.747. The Bertz CT molecular complexity index is 482. The molecule has 0 amide bonds. The number of aliphatic hydroxyl groups is 1. The van der Waals surface area contributed by atoms with Crippen LogP contribution < -0.4 is 4.72 Å². The Morgan fingerprint density at radius 3 is 2.68 bits per heavy atom. The van der Waals surface area contributed by atoms with E-state index in [2.05, 4.69) is 23.7 Å². The second kappa shape index (κ2) is 7.02. The Labute approximate surface area is 114 Å². The molecule has 19 heavy (non-hydrogen) atoms. The standard InChI is InChI=1S/C12H23N3O3S/c1-10(2)7-11(3)14-19(17,18)12-8-13-15(9-12)5-4-6-16/h8-11,14,16H,4-7H2,1-3H3. The van der Waals surface area contributed by atoms with Gasteiger partial charge in [0.25, 0.3) is 0 Å². The van der Waals surface area contributed by atoms with Crippen LogP contribution in [0.15, 0.2) is 17.3 Å². The maximum atomic E-state index is 12.1. The molecule has 1 aromatic heterocycles. The number of sulfonamides is 1. The maximum absolute atomic E-state index is 12.1. The molecule has 0 radical (unpaired) electrons. The first-order chi connectivity index (χ1) is 8.85. The minimum absolute atomic E-state index is 0.0611. The van der Waals surface area contributed by atoms with Crippen molar-refractivity contribution in [3.8, 4) is 0 Å². The number of aliphatic hydroxyl groups excluding tert-OH is 1. The van der Waals surface area contributed by atoms with Gasteiger partial charge in [0.05, 0.1) is 6.20 Å². The van der Waals surface area contributed by atoms with Crippen LogP contribution in [-0.4, -0.2) is 36.0 Å². The SMILES string of the molecule is CC(C)CC(C)NS(=O)(=O)c1cnn(CCCO)c1. The number of nitrogens with one attached hydrogen (secondary N) is 1. The molecule has 0 aliphatic rings. The predicted octanol–water partition coefficient (Wildman–Crippen LogP) is 0.978. The molecular formula is C12H23N3O3S. The van der Waals surface area contributed by atoms with Gasteiger partial charge >= 0.3 is 0 Å². The van der Waals surface area contributed by atoms with Gasteiger partial charge in [-0.2, -0.15) is 5.10 Å². The minimum Gasteiger partial charge on any atom is -0.396 e. The van der Waals surface area contributed by atoms with Gasteiger partial charge in [0.1, 0.15) is 4.90 Å². The second-order valence-electron chi connectivity index (χ2n) is 5.17. The Balaban J connectivity index is 2.69. The van der Waals surface area contributed by atoms with E-state index in [0.29, 0.717) is 18.9 Å². The summed E-state index contributed by atoms with van der Waals surface area (Å²) < 4.78 is 28.4. The third kappa shape index (κ3) is 5.30. The van der Waals surface area contributed by atoms with E-state index in [9.17, 15) is 8.42 Å². The molecule has 0 saturated heterocycles. The van der Waals surface area contributed by atoms with Gasteiger partial charge in [-0.3, -0.25) is 4.68 Å². The molecule has 1 unspecified atom stereocenters. The zero-order chi connectivity index (χ0) is 14.5. The zero-order valence-corrected chi connectivity index (χ0v) is 12.5. The highest BCUT2D eigenvalue weighted by Crippen LogP contribution is 2.11. The molecule has 0 fully saturated rings. The molecule has 1 atom stereocenters.